The summed E-state index contributed by atoms with van der Waals surface area (Å²) >= 11 is 11.8. The molecule has 0 aromatic heterocycles. The first-order valence-electron chi connectivity index (χ1n) is 8.37. The molecule has 0 aliphatic heterocycles. The molecular formula is C23H16Cl2O2. The van der Waals surface area contributed by atoms with E-state index in [1.807, 2.05) is 30.3 Å². The lowest BCUT2D eigenvalue weighted by Gasteiger charge is -2.08. The van der Waals surface area contributed by atoms with Crippen LogP contribution in [-0.2, 0) is 0 Å². The molecule has 0 aliphatic rings. The molecule has 0 radical (unpaired) electrons. The summed E-state index contributed by atoms with van der Waals surface area (Å²) in [6.07, 6.45) is 1.64. The van der Waals surface area contributed by atoms with Gasteiger partial charge >= 0.3 is 0 Å². The average Bonchev–Trinajstić information content (AvgIpc) is 2.69. The summed E-state index contributed by atoms with van der Waals surface area (Å²) in [5.41, 5.74) is 2.57. The predicted octanol–water partition coefficient (Wildman–Crippen LogP) is 6.53. The normalized spacial score (nSPS) is 11.3. The quantitative estimate of drug-likeness (QED) is 0.351. The van der Waals surface area contributed by atoms with Gasteiger partial charge in [0.05, 0.1) is 0 Å². The van der Waals surface area contributed by atoms with Gasteiger partial charge in [0.1, 0.15) is 0 Å². The van der Waals surface area contributed by atoms with Gasteiger partial charge in [-0.15, -0.1) is 0 Å². The third kappa shape index (κ3) is 5.16. The van der Waals surface area contributed by atoms with Gasteiger partial charge in [-0.3, -0.25) is 9.59 Å². The van der Waals surface area contributed by atoms with E-state index in [1.54, 1.807) is 48.5 Å². The second-order valence-electron chi connectivity index (χ2n) is 6.01. The summed E-state index contributed by atoms with van der Waals surface area (Å²) in [6, 6.07) is 22.8. The van der Waals surface area contributed by atoms with E-state index in [-0.39, 0.29) is 18.0 Å². The molecule has 0 saturated carbocycles. The fraction of sp³-hybridized carbons (Fsp3) is 0.0435. The number of Topliss-reactive ketones (excluding diaryl/α,β-unsaturated/α-hetero) is 1. The Kier molecular flexibility index (Phi) is 6.23. The highest BCUT2D eigenvalue weighted by Crippen LogP contribution is 2.23. The highest BCUT2D eigenvalue weighted by Gasteiger charge is 2.13. The molecule has 3 aromatic rings. The van der Waals surface area contributed by atoms with E-state index in [4.69, 9.17) is 23.2 Å². The van der Waals surface area contributed by atoms with Crippen molar-refractivity contribution in [1.29, 1.82) is 0 Å². The SMILES string of the molecule is O=C(/C=C(/CC(=O)c1ccc(Cl)cc1)c1ccccc1)c1ccc(Cl)cc1. The van der Waals surface area contributed by atoms with E-state index in [9.17, 15) is 9.59 Å². The minimum atomic E-state index is -0.172. The number of allylic oxidation sites excluding steroid dienone is 2. The first kappa shape index (κ1) is 19.1. The van der Waals surface area contributed by atoms with Gasteiger partial charge in [-0.25, -0.2) is 0 Å². The standard InChI is InChI=1S/C23H16Cl2O2/c24-20-10-6-17(7-11-20)22(26)14-19(16-4-2-1-3-5-16)15-23(27)18-8-12-21(25)13-9-18/h1-14H,15H2/b19-14-. The first-order chi connectivity index (χ1) is 13.0. The lowest BCUT2D eigenvalue weighted by Crippen LogP contribution is -2.03. The number of ketones is 2. The van der Waals surface area contributed by atoms with E-state index in [2.05, 4.69) is 0 Å². The van der Waals surface area contributed by atoms with Crippen molar-refractivity contribution in [2.24, 2.45) is 0 Å². The molecular weight excluding hydrogens is 379 g/mol. The Labute approximate surface area is 168 Å². The number of hydrogen-bond donors (Lipinski definition) is 0. The van der Waals surface area contributed by atoms with Crippen LogP contribution in [0.25, 0.3) is 5.57 Å². The van der Waals surface area contributed by atoms with Crippen molar-refractivity contribution in [3.63, 3.8) is 0 Å². The number of halogens is 2. The number of hydrogen-bond acceptors (Lipinski definition) is 2. The zero-order valence-corrected chi connectivity index (χ0v) is 15.9. The Hall–Kier alpha value is -2.68. The largest absolute Gasteiger partial charge is 0.294 e. The molecule has 2 nitrogen and oxygen atoms in total. The van der Waals surface area contributed by atoms with Crippen LogP contribution in [0.1, 0.15) is 32.7 Å². The van der Waals surface area contributed by atoms with Gasteiger partial charge in [0.2, 0.25) is 0 Å². The second-order valence-corrected chi connectivity index (χ2v) is 6.89. The van der Waals surface area contributed by atoms with Gasteiger partial charge in [0.25, 0.3) is 0 Å². The maximum absolute atomic E-state index is 12.7. The van der Waals surface area contributed by atoms with Gasteiger partial charge in [0.15, 0.2) is 11.6 Å². The van der Waals surface area contributed by atoms with E-state index in [0.717, 1.165) is 5.56 Å². The van der Waals surface area contributed by atoms with E-state index in [1.165, 1.54) is 6.08 Å². The molecule has 0 unspecified atom stereocenters. The van der Waals surface area contributed by atoms with Crippen LogP contribution in [0.2, 0.25) is 10.0 Å². The van der Waals surface area contributed by atoms with E-state index < -0.39 is 0 Å². The summed E-state index contributed by atoms with van der Waals surface area (Å²) in [5, 5.41) is 1.14. The van der Waals surface area contributed by atoms with Crippen LogP contribution in [0.4, 0.5) is 0 Å². The molecule has 0 atom stereocenters. The monoisotopic (exact) mass is 394 g/mol. The fourth-order valence-electron chi connectivity index (χ4n) is 2.66. The molecule has 0 N–H and O–H groups in total. The number of carbonyl (C=O) groups is 2. The fourth-order valence-corrected chi connectivity index (χ4v) is 2.91. The Morgan fingerprint density at radius 3 is 1.74 bits per heavy atom. The van der Waals surface area contributed by atoms with E-state index in [0.29, 0.717) is 26.7 Å². The molecule has 0 aliphatic carbocycles. The van der Waals surface area contributed by atoms with Crippen molar-refractivity contribution >= 4 is 40.3 Å². The molecule has 0 spiro atoms. The van der Waals surface area contributed by atoms with Gasteiger partial charge in [-0.2, -0.15) is 0 Å². The zero-order valence-electron chi connectivity index (χ0n) is 14.4. The molecule has 3 rings (SSSR count). The van der Waals surface area contributed by atoms with Crippen molar-refractivity contribution < 1.29 is 9.59 Å². The van der Waals surface area contributed by atoms with Crippen molar-refractivity contribution in [3.8, 4) is 0 Å². The summed E-state index contributed by atoms with van der Waals surface area (Å²) in [5.74, 6) is -0.250. The molecule has 0 saturated heterocycles. The molecule has 0 amide bonds. The van der Waals surface area contributed by atoms with Crippen LogP contribution in [0.3, 0.4) is 0 Å². The van der Waals surface area contributed by atoms with Crippen molar-refractivity contribution in [2.45, 2.75) is 6.42 Å². The summed E-state index contributed by atoms with van der Waals surface area (Å²) in [6.45, 7) is 0. The van der Waals surface area contributed by atoms with Crippen LogP contribution in [0, 0.1) is 0 Å². The van der Waals surface area contributed by atoms with Gasteiger partial charge in [-0.1, -0.05) is 53.5 Å². The van der Waals surface area contributed by atoms with Crippen LogP contribution in [-0.4, -0.2) is 11.6 Å². The van der Waals surface area contributed by atoms with Crippen molar-refractivity contribution in [3.05, 3.63) is 112 Å². The van der Waals surface area contributed by atoms with Crippen molar-refractivity contribution in [1.82, 2.24) is 0 Å². The van der Waals surface area contributed by atoms with Crippen LogP contribution < -0.4 is 0 Å². The highest BCUT2D eigenvalue weighted by atomic mass is 35.5. The lowest BCUT2D eigenvalue weighted by molar-refractivity contribution is 0.0998. The molecule has 27 heavy (non-hydrogen) atoms. The molecule has 0 bridgehead atoms. The third-order valence-electron chi connectivity index (χ3n) is 4.10. The first-order valence-corrected chi connectivity index (χ1v) is 9.13. The van der Waals surface area contributed by atoms with Crippen molar-refractivity contribution in [2.75, 3.05) is 0 Å². The minimum Gasteiger partial charge on any atom is -0.294 e. The van der Waals surface area contributed by atoms with Gasteiger partial charge < -0.3 is 0 Å². The molecule has 0 fully saturated rings. The van der Waals surface area contributed by atoms with Crippen LogP contribution in [0.5, 0.6) is 0 Å². The van der Waals surface area contributed by atoms with Gasteiger partial charge in [0, 0.05) is 27.6 Å². The maximum Gasteiger partial charge on any atom is 0.186 e. The van der Waals surface area contributed by atoms with Gasteiger partial charge in [-0.05, 0) is 65.7 Å². The molecule has 0 heterocycles. The Balaban J connectivity index is 1.91. The average molecular weight is 395 g/mol. The smallest absolute Gasteiger partial charge is 0.186 e. The number of benzene rings is 3. The second kappa shape index (κ2) is 8.81. The topological polar surface area (TPSA) is 34.1 Å². The summed E-state index contributed by atoms with van der Waals surface area (Å²) < 4.78 is 0. The van der Waals surface area contributed by atoms with Crippen LogP contribution in [0.15, 0.2) is 84.9 Å². The van der Waals surface area contributed by atoms with E-state index >= 15 is 0 Å². The summed E-state index contributed by atoms with van der Waals surface area (Å²) in [7, 11) is 0. The maximum atomic E-state index is 12.7. The predicted molar refractivity (Wildman–Crippen MR) is 111 cm³/mol. The van der Waals surface area contributed by atoms with Crippen LogP contribution >= 0.6 is 23.2 Å². The lowest BCUT2D eigenvalue weighted by atomic mass is 9.95. The Morgan fingerprint density at radius 1 is 0.667 bits per heavy atom. The molecule has 134 valence electrons. The Bertz CT molecular complexity index is 973. The number of rotatable bonds is 6. The highest BCUT2D eigenvalue weighted by molar-refractivity contribution is 6.31. The minimum absolute atomic E-state index is 0.0781. The zero-order chi connectivity index (χ0) is 19.2. The summed E-state index contributed by atoms with van der Waals surface area (Å²) in [4.78, 5) is 25.3. The number of carbonyl (C=O) groups excluding carboxylic acids is 2. The third-order valence-corrected chi connectivity index (χ3v) is 4.60. The molecule has 3 aromatic carbocycles. The molecule has 4 heteroatoms. The Morgan fingerprint density at radius 2 is 1.19 bits per heavy atom.